The third kappa shape index (κ3) is 7.45. The Kier molecular flexibility index (Phi) is 9.13. The van der Waals surface area contributed by atoms with E-state index in [1.54, 1.807) is 78.6 Å². The molecule has 40 heavy (non-hydrogen) atoms. The number of anilines is 2. The Labute approximate surface area is 234 Å². The molecule has 0 fully saturated rings. The van der Waals surface area contributed by atoms with E-state index >= 15 is 0 Å². The number of benzene rings is 3. The lowest BCUT2D eigenvalue weighted by molar-refractivity contribution is -0.132. The maximum absolute atomic E-state index is 13.7. The zero-order chi connectivity index (χ0) is 28.5. The normalized spacial score (nSPS) is 12.2. The third-order valence-electron chi connectivity index (χ3n) is 6.26. The van der Waals surface area contributed by atoms with Crippen LogP contribution in [0.4, 0.5) is 11.4 Å². The highest BCUT2D eigenvalue weighted by Crippen LogP contribution is 2.20. The average Bonchev–Trinajstić information content (AvgIpc) is 3.40. The van der Waals surface area contributed by atoms with Crippen molar-refractivity contribution < 1.29 is 18.0 Å². The van der Waals surface area contributed by atoms with Crippen molar-refractivity contribution in [2.45, 2.75) is 19.9 Å². The molecule has 1 aromatic heterocycles. The standard InChI is InChI=1S/C30H31N5O4S/c1-2-35(26-14-7-4-8-15-26)30(37)27(29(36)33-40(38,39)18-17-23-11-5-3-6-12-23)19-24-20-32-34(21-24)22-25-13-9-10-16-28(25)31/h3-18,20-21,27H,2,19,22,31H2,1H3,(H,33,36). The van der Waals surface area contributed by atoms with E-state index in [9.17, 15) is 18.0 Å². The minimum atomic E-state index is -4.17. The monoisotopic (exact) mass is 557 g/mol. The summed E-state index contributed by atoms with van der Waals surface area (Å²) in [5, 5.41) is 5.28. The second-order valence-corrected chi connectivity index (χ2v) is 10.7. The Bertz CT molecular complexity index is 1580. The van der Waals surface area contributed by atoms with Crippen LogP contribution in [0.2, 0.25) is 0 Å². The van der Waals surface area contributed by atoms with Crippen LogP contribution in [0, 0.1) is 5.92 Å². The van der Waals surface area contributed by atoms with Gasteiger partial charge in [0.2, 0.25) is 11.8 Å². The van der Waals surface area contributed by atoms with E-state index in [1.807, 2.05) is 30.3 Å². The Hall–Kier alpha value is -4.70. The van der Waals surface area contributed by atoms with Gasteiger partial charge in [0.05, 0.1) is 18.1 Å². The molecule has 0 aliphatic heterocycles. The number of hydrogen-bond acceptors (Lipinski definition) is 6. The number of carbonyl (C=O) groups excluding carboxylic acids is 2. The Balaban J connectivity index is 1.58. The van der Waals surface area contributed by atoms with Crippen molar-refractivity contribution >= 4 is 39.3 Å². The summed E-state index contributed by atoms with van der Waals surface area (Å²) in [5.41, 5.74) is 9.42. The molecule has 3 aromatic carbocycles. The molecule has 0 spiro atoms. The number of sulfonamides is 1. The minimum absolute atomic E-state index is 0.0454. The largest absolute Gasteiger partial charge is 0.398 e. The second-order valence-electron chi connectivity index (χ2n) is 9.14. The molecular weight excluding hydrogens is 526 g/mol. The molecule has 206 valence electrons. The van der Waals surface area contributed by atoms with Gasteiger partial charge in [0, 0.05) is 24.1 Å². The maximum atomic E-state index is 13.7. The van der Waals surface area contributed by atoms with E-state index < -0.39 is 27.8 Å². The number of para-hydroxylation sites is 2. The van der Waals surface area contributed by atoms with Crippen molar-refractivity contribution in [2.75, 3.05) is 17.2 Å². The van der Waals surface area contributed by atoms with Gasteiger partial charge in [0.15, 0.2) is 0 Å². The van der Waals surface area contributed by atoms with Crippen LogP contribution in [-0.4, -0.2) is 36.6 Å². The van der Waals surface area contributed by atoms with Crippen molar-refractivity contribution in [2.24, 2.45) is 5.92 Å². The number of nitrogens with zero attached hydrogens (tertiary/aromatic N) is 3. The summed E-state index contributed by atoms with van der Waals surface area (Å²) in [4.78, 5) is 28.6. The lowest BCUT2D eigenvalue weighted by Crippen LogP contribution is -2.46. The molecule has 9 nitrogen and oxygen atoms in total. The molecule has 1 unspecified atom stereocenters. The van der Waals surface area contributed by atoms with E-state index in [-0.39, 0.29) is 6.42 Å². The number of carbonyl (C=O) groups is 2. The summed E-state index contributed by atoms with van der Waals surface area (Å²) in [7, 11) is -4.17. The molecule has 3 N–H and O–H groups in total. The number of nitrogens with one attached hydrogen (secondary N) is 1. The van der Waals surface area contributed by atoms with Crippen LogP contribution >= 0.6 is 0 Å². The number of amides is 2. The highest BCUT2D eigenvalue weighted by atomic mass is 32.2. The van der Waals surface area contributed by atoms with Crippen LogP contribution in [0.3, 0.4) is 0 Å². The van der Waals surface area contributed by atoms with Crippen molar-refractivity contribution in [3.63, 3.8) is 0 Å². The Morgan fingerprint density at radius 3 is 2.33 bits per heavy atom. The zero-order valence-electron chi connectivity index (χ0n) is 22.1. The highest BCUT2D eigenvalue weighted by molar-refractivity contribution is 7.93. The first-order valence-electron chi connectivity index (χ1n) is 12.8. The second kappa shape index (κ2) is 12.9. The molecule has 1 atom stereocenters. The minimum Gasteiger partial charge on any atom is -0.398 e. The van der Waals surface area contributed by atoms with Gasteiger partial charge in [0.1, 0.15) is 5.92 Å². The number of hydrogen-bond donors (Lipinski definition) is 2. The van der Waals surface area contributed by atoms with Crippen molar-refractivity contribution in [3.8, 4) is 0 Å². The van der Waals surface area contributed by atoms with Crippen molar-refractivity contribution in [1.29, 1.82) is 0 Å². The van der Waals surface area contributed by atoms with Crippen LogP contribution in [0.25, 0.3) is 6.08 Å². The average molecular weight is 558 g/mol. The Morgan fingerprint density at radius 1 is 1.00 bits per heavy atom. The molecule has 0 saturated carbocycles. The third-order valence-corrected chi connectivity index (χ3v) is 7.24. The summed E-state index contributed by atoms with van der Waals surface area (Å²) in [6.45, 7) is 2.49. The molecule has 0 aliphatic rings. The van der Waals surface area contributed by atoms with E-state index in [2.05, 4.69) is 9.82 Å². The molecule has 0 saturated heterocycles. The molecule has 10 heteroatoms. The van der Waals surface area contributed by atoms with Crippen LogP contribution in [0.5, 0.6) is 0 Å². The number of nitrogens with two attached hydrogens (primary N) is 1. The van der Waals surface area contributed by atoms with Gasteiger partial charge < -0.3 is 10.6 Å². The zero-order valence-corrected chi connectivity index (χ0v) is 22.9. The number of rotatable bonds is 11. The molecule has 1 heterocycles. The fourth-order valence-corrected chi connectivity index (χ4v) is 5.05. The lowest BCUT2D eigenvalue weighted by Gasteiger charge is -2.25. The predicted octanol–water partition coefficient (Wildman–Crippen LogP) is 3.84. The summed E-state index contributed by atoms with van der Waals surface area (Å²) >= 11 is 0. The van der Waals surface area contributed by atoms with Gasteiger partial charge in [-0.05, 0) is 54.3 Å². The van der Waals surface area contributed by atoms with Gasteiger partial charge >= 0.3 is 0 Å². The molecule has 4 rings (SSSR count). The summed E-state index contributed by atoms with van der Waals surface area (Å²) in [6, 6.07) is 25.2. The number of nitrogen functional groups attached to an aromatic ring is 1. The summed E-state index contributed by atoms with van der Waals surface area (Å²) in [6.07, 6.45) is 4.63. The van der Waals surface area contributed by atoms with Gasteiger partial charge in [-0.2, -0.15) is 5.10 Å². The predicted molar refractivity (Wildman–Crippen MR) is 156 cm³/mol. The quantitative estimate of drug-likeness (QED) is 0.213. The van der Waals surface area contributed by atoms with E-state index in [0.29, 0.717) is 35.6 Å². The van der Waals surface area contributed by atoms with E-state index in [1.165, 1.54) is 11.0 Å². The van der Waals surface area contributed by atoms with E-state index in [0.717, 1.165) is 11.0 Å². The fourth-order valence-electron chi connectivity index (χ4n) is 4.22. The number of aromatic nitrogens is 2. The van der Waals surface area contributed by atoms with Crippen molar-refractivity contribution in [1.82, 2.24) is 14.5 Å². The first-order valence-corrected chi connectivity index (χ1v) is 14.3. The van der Waals surface area contributed by atoms with Gasteiger partial charge in [-0.1, -0.05) is 66.7 Å². The van der Waals surface area contributed by atoms with Crippen LogP contribution in [-0.2, 0) is 32.6 Å². The topological polar surface area (TPSA) is 127 Å². The SMILES string of the molecule is CCN(C(=O)C(Cc1cnn(Cc2ccccc2N)c1)C(=O)NS(=O)(=O)C=Cc1ccccc1)c1ccccc1. The lowest BCUT2D eigenvalue weighted by atomic mass is 9.99. The molecule has 0 radical (unpaired) electrons. The molecule has 0 bridgehead atoms. The maximum Gasteiger partial charge on any atom is 0.257 e. The first-order chi connectivity index (χ1) is 19.3. The Morgan fingerprint density at radius 2 is 1.65 bits per heavy atom. The molecule has 0 aliphatic carbocycles. The molecule has 2 amide bonds. The van der Waals surface area contributed by atoms with Gasteiger partial charge in [-0.25, -0.2) is 13.1 Å². The molecule has 4 aromatic rings. The van der Waals surface area contributed by atoms with Crippen molar-refractivity contribution in [3.05, 3.63) is 119 Å². The van der Waals surface area contributed by atoms with E-state index in [4.69, 9.17) is 5.73 Å². The van der Waals surface area contributed by atoms with Crippen LogP contribution < -0.4 is 15.4 Å². The molecular formula is C30H31N5O4S. The smallest absolute Gasteiger partial charge is 0.257 e. The first kappa shape index (κ1) is 28.3. The van der Waals surface area contributed by atoms with Gasteiger partial charge in [0.25, 0.3) is 10.0 Å². The van der Waals surface area contributed by atoms with Crippen LogP contribution in [0.15, 0.2) is 103 Å². The summed E-state index contributed by atoms with van der Waals surface area (Å²) in [5.74, 6) is -2.76. The van der Waals surface area contributed by atoms with Gasteiger partial charge in [-0.15, -0.1) is 0 Å². The van der Waals surface area contributed by atoms with Crippen LogP contribution in [0.1, 0.15) is 23.6 Å². The van der Waals surface area contributed by atoms with Gasteiger partial charge in [-0.3, -0.25) is 14.3 Å². The fraction of sp³-hybridized carbons (Fsp3) is 0.167. The summed E-state index contributed by atoms with van der Waals surface area (Å²) < 4.78 is 29.3. The highest BCUT2D eigenvalue weighted by Gasteiger charge is 2.33.